The molecule has 4 aliphatic carbocycles. The number of imidazole rings is 1. The first-order valence-corrected chi connectivity index (χ1v) is 32.3. The highest BCUT2D eigenvalue weighted by molar-refractivity contribution is 8.13. The smallest absolute Gasteiger partial charge is 0.393 e. The van der Waals surface area contributed by atoms with Gasteiger partial charge in [-0.15, -0.1) is 0 Å². The lowest BCUT2D eigenvalue weighted by atomic mass is 9.43. The number of carbonyl (C=O) groups is 3. The molecule has 2 amide bonds. The lowest BCUT2D eigenvalue weighted by Crippen LogP contribution is -2.58. The van der Waals surface area contributed by atoms with Crippen LogP contribution in [0.4, 0.5) is 5.82 Å². The van der Waals surface area contributed by atoms with Crippen LogP contribution >= 0.6 is 35.2 Å². The van der Waals surface area contributed by atoms with Crippen molar-refractivity contribution in [3.63, 3.8) is 0 Å². The molecule has 2 aromatic rings. The third-order valence-electron chi connectivity index (χ3n) is 17.9. The summed E-state index contributed by atoms with van der Waals surface area (Å²) in [5, 5.41) is 48.9. The van der Waals surface area contributed by atoms with Crippen LogP contribution in [-0.2, 0) is 50.7 Å². The Hall–Kier alpha value is -2.52. The first-order valence-electron chi connectivity index (χ1n) is 26.8. The fraction of sp³-hybridized carbons (Fsp3) is 0.833. The maximum absolute atomic E-state index is 13.0. The van der Waals surface area contributed by atoms with Gasteiger partial charge in [-0.25, -0.2) is 28.6 Å². The number of hydrogen-bond acceptors (Lipinski definition) is 20. The van der Waals surface area contributed by atoms with Crippen LogP contribution in [0.1, 0.15) is 125 Å². The Balaban J connectivity index is 0.764. The number of phosphoric acid groups is 3. The van der Waals surface area contributed by atoms with Gasteiger partial charge in [0.05, 0.1) is 31.7 Å². The topological polar surface area (TPSA) is 404 Å². The molecule has 4 saturated carbocycles. The van der Waals surface area contributed by atoms with Crippen LogP contribution in [0, 0.1) is 57.7 Å². The third-order valence-corrected chi connectivity index (χ3v) is 22.1. The van der Waals surface area contributed by atoms with Gasteiger partial charge in [-0.1, -0.05) is 66.1 Å². The first kappa shape index (κ1) is 63.1. The van der Waals surface area contributed by atoms with E-state index in [4.69, 9.17) is 19.5 Å². The number of nitrogen functional groups attached to an aromatic ring is 1. The van der Waals surface area contributed by atoms with Gasteiger partial charge < -0.3 is 61.1 Å². The number of amides is 2. The second-order valence-corrected chi connectivity index (χ2v) is 28.8. The van der Waals surface area contributed by atoms with Crippen molar-refractivity contribution in [3.8, 4) is 0 Å². The van der Waals surface area contributed by atoms with E-state index in [9.17, 15) is 68.1 Å². The van der Waals surface area contributed by atoms with E-state index in [0.29, 0.717) is 41.3 Å². The Bertz CT molecular complexity index is 2600. The minimum atomic E-state index is -5.60. The van der Waals surface area contributed by atoms with Gasteiger partial charge in [-0.05, 0) is 104 Å². The first-order chi connectivity index (χ1) is 36.4. The molecule has 0 radical (unpaired) electrons. The number of fused-ring (bicyclic) bond motifs is 6. The van der Waals surface area contributed by atoms with Crippen molar-refractivity contribution in [1.82, 2.24) is 30.2 Å². The van der Waals surface area contributed by atoms with Crippen LogP contribution in [0.25, 0.3) is 11.2 Å². The van der Waals surface area contributed by atoms with E-state index < -0.39 is 84.6 Å². The molecule has 2 aromatic heterocycles. The van der Waals surface area contributed by atoms with Crippen LogP contribution in [-0.4, -0.2) is 145 Å². The molecule has 10 unspecified atom stereocenters. The number of nitrogens with one attached hydrogen (secondary N) is 2. The van der Waals surface area contributed by atoms with E-state index in [1.807, 2.05) is 6.92 Å². The van der Waals surface area contributed by atoms with E-state index in [0.717, 1.165) is 86.8 Å². The lowest BCUT2D eigenvalue weighted by Gasteiger charge is -2.62. The van der Waals surface area contributed by atoms with Gasteiger partial charge in [0.15, 0.2) is 22.8 Å². The molecular formula is C48H80N7O19P3S. The molecule has 26 nitrogen and oxygen atoms in total. The van der Waals surface area contributed by atoms with Crippen molar-refractivity contribution in [1.29, 1.82) is 0 Å². The Morgan fingerprint density at radius 2 is 1.62 bits per heavy atom. The Labute approximate surface area is 457 Å². The van der Waals surface area contributed by atoms with Crippen LogP contribution in [0.15, 0.2) is 12.7 Å². The zero-order valence-corrected chi connectivity index (χ0v) is 48.4. The number of anilines is 1. The minimum absolute atomic E-state index is 0.0293. The molecule has 442 valence electrons. The summed E-state index contributed by atoms with van der Waals surface area (Å²) in [5.74, 6) is 1.58. The monoisotopic (exact) mass is 1180 g/mol. The molecule has 78 heavy (non-hydrogen) atoms. The quantitative estimate of drug-likeness (QED) is 0.0492. The van der Waals surface area contributed by atoms with Crippen LogP contribution < -0.4 is 16.4 Å². The molecule has 12 N–H and O–H groups in total. The number of hydrogen-bond donors (Lipinski definition) is 11. The summed E-state index contributed by atoms with van der Waals surface area (Å²) in [6.07, 6.45) is 3.42. The standard InChI is InChI=1S/C48H80N7O19P3S/c1-26(30-10-11-31-36-32(13-16-48(30,31)6)47(5)15-12-29(56)20-28(47)21-33(36)57)8-7-9-27(2)45(62)78-19-18-50-35(58)14-17-51-43(61)40(60)46(3,4)23-71-77(68,69)74-76(66,67)70-22-34-39(73-75(63,64)65)38(59)44(72-34)55-25-54-37-41(49)52-24-53-42(37)55/h24-34,36,38-40,44,56-57,59-60H,7-23H2,1-6H3,(H,50,58)(H,51,61)(H,66,67)(H,68,69)(H2,49,52,53)(H2,63,64,65)/t26?,27?,28-,29+,30?,31?,32?,33?,34+,36?,38+,39+,40?,44+,47-,48+/m0/s1. The van der Waals surface area contributed by atoms with Gasteiger partial charge in [0.1, 0.15) is 36.3 Å². The van der Waals surface area contributed by atoms with Gasteiger partial charge in [0, 0.05) is 36.6 Å². The largest absolute Gasteiger partial charge is 0.481 e. The molecule has 0 spiro atoms. The number of carbonyl (C=O) groups excluding carboxylic acids is 3. The number of thioether (sulfide) groups is 1. The summed E-state index contributed by atoms with van der Waals surface area (Å²) in [6, 6.07) is 0. The normalized spacial score (nSPS) is 33.9. The fourth-order valence-corrected chi connectivity index (χ4v) is 17.3. The summed E-state index contributed by atoms with van der Waals surface area (Å²) in [4.78, 5) is 89.9. The third kappa shape index (κ3) is 14.6. The average Bonchev–Trinajstić information content (AvgIpc) is 4.21. The zero-order valence-electron chi connectivity index (χ0n) is 44.9. The van der Waals surface area contributed by atoms with Crippen LogP contribution in [0.2, 0.25) is 0 Å². The second-order valence-electron chi connectivity index (χ2n) is 23.5. The zero-order chi connectivity index (χ0) is 57.3. The van der Waals surface area contributed by atoms with Crippen LogP contribution in [0.3, 0.4) is 0 Å². The van der Waals surface area contributed by atoms with E-state index >= 15 is 0 Å². The number of nitrogens with zero attached hydrogens (tertiary/aromatic N) is 4. The number of aliphatic hydroxyl groups is 4. The van der Waals surface area contributed by atoms with Crippen LogP contribution in [0.5, 0.6) is 0 Å². The predicted molar refractivity (Wildman–Crippen MR) is 282 cm³/mol. The number of rotatable bonds is 25. The van der Waals surface area contributed by atoms with Gasteiger partial charge in [0.2, 0.25) is 11.8 Å². The molecule has 3 heterocycles. The maximum Gasteiger partial charge on any atom is 0.481 e. The molecule has 0 aromatic carbocycles. The van der Waals surface area contributed by atoms with Crippen molar-refractivity contribution in [2.45, 2.75) is 161 Å². The maximum atomic E-state index is 13.0. The molecule has 5 fully saturated rings. The predicted octanol–water partition coefficient (Wildman–Crippen LogP) is 4.10. The highest BCUT2D eigenvalue weighted by Gasteiger charge is 2.63. The molecule has 0 bridgehead atoms. The number of ether oxygens (including phenoxy) is 1. The second kappa shape index (κ2) is 25.1. The molecule has 5 aliphatic rings. The molecule has 1 saturated heterocycles. The summed E-state index contributed by atoms with van der Waals surface area (Å²) >= 11 is 1.16. The number of nitrogens with two attached hydrogens (primary N) is 1. The van der Waals surface area contributed by atoms with Crippen molar-refractivity contribution in [2.24, 2.45) is 57.7 Å². The van der Waals surface area contributed by atoms with E-state index in [1.54, 1.807) is 0 Å². The highest BCUT2D eigenvalue weighted by Crippen LogP contribution is 2.68. The molecule has 30 heteroatoms. The number of phosphoric ester groups is 3. The van der Waals surface area contributed by atoms with Crippen molar-refractivity contribution < 1.29 is 90.7 Å². The number of aliphatic hydroxyl groups excluding tert-OH is 4. The SMILES string of the molecule is CC(CCCC(C)C1CCC2C3C(O)C[C@@H]4C[C@H](O)CC[C@]4(C)C3CC[C@]12C)C(=O)SCCNC(=O)CCNC(=O)C(O)C(C)(C)COP(=O)(O)OP(=O)(O)OC[C@H]1O[C@@H](n2cnc3c(N)ncnc32)[C@H](O)[C@@H]1OP(=O)(O)O. The minimum Gasteiger partial charge on any atom is -0.393 e. The van der Waals surface area contributed by atoms with E-state index in [2.05, 4.69) is 55.2 Å². The summed E-state index contributed by atoms with van der Waals surface area (Å²) in [7, 11) is -16.5. The van der Waals surface area contributed by atoms with Gasteiger partial charge in [-0.2, -0.15) is 4.31 Å². The highest BCUT2D eigenvalue weighted by atomic mass is 32.2. The van der Waals surface area contributed by atoms with E-state index in [-0.39, 0.29) is 70.6 Å². The average molecular weight is 1180 g/mol. The van der Waals surface area contributed by atoms with Crippen molar-refractivity contribution in [2.75, 3.05) is 37.8 Å². The molecule has 7 rings (SSSR count). The summed E-state index contributed by atoms with van der Waals surface area (Å²) in [6.45, 7) is 9.72. The molecular weight excluding hydrogens is 1100 g/mol. The fourth-order valence-electron chi connectivity index (χ4n) is 13.7. The Kier molecular flexibility index (Phi) is 20.3. The van der Waals surface area contributed by atoms with Gasteiger partial charge >= 0.3 is 23.5 Å². The Morgan fingerprint density at radius 1 is 0.923 bits per heavy atom. The van der Waals surface area contributed by atoms with E-state index in [1.165, 1.54) is 26.7 Å². The molecule has 18 atom stereocenters. The number of aromatic nitrogens is 4. The lowest BCUT2D eigenvalue weighted by molar-refractivity contribution is -0.174. The van der Waals surface area contributed by atoms with Gasteiger partial charge in [-0.3, -0.25) is 32.5 Å². The Morgan fingerprint density at radius 3 is 2.33 bits per heavy atom. The summed E-state index contributed by atoms with van der Waals surface area (Å²) < 4.78 is 62.8. The van der Waals surface area contributed by atoms with Crippen molar-refractivity contribution >= 4 is 69.1 Å². The molecule has 1 aliphatic heterocycles. The van der Waals surface area contributed by atoms with Gasteiger partial charge in [0.25, 0.3) is 0 Å². The summed E-state index contributed by atoms with van der Waals surface area (Å²) in [5.41, 5.74) is 4.67. The van der Waals surface area contributed by atoms with Crippen molar-refractivity contribution in [3.05, 3.63) is 12.7 Å².